The van der Waals surface area contributed by atoms with Crippen molar-refractivity contribution in [1.29, 1.82) is 0 Å². The molecule has 2 rings (SSSR count). The molecule has 1 aromatic rings. The molecule has 0 aromatic heterocycles. The van der Waals surface area contributed by atoms with Gasteiger partial charge in [0.1, 0.15) is 0 Å². The van der Waals surface area contributed by atoms with Crippen molar-refractivity contribution in [1.82, 2.24) is 4.90 Å². The number of hydrogen-bond donors (Lipinski definition) is 0. The van der Waals surface area contributed by atoms with Gasteiger partial charge in [-0.15, -0.1) is 6.58 Å². The Bertz CT molecular complexity index is 470. The second-order valence-electron chi connectivity index (χ2n) is 5.44. The van der Waals surface area contributed by atoms with Crippen LogP contribution in [-0.2, 0) is 0 Å². The van der Waals surface area contributed by atoms with Gasteiger partial charge in [-0.2, -0.15) is 0 Å². The predicted octanol–water partition coefficient (Wildman–Crippen LogP) is 3.56. The molecule has 0 radical (unpaired) electrons. The zero-order valence-electron chi connectivity index (χ0n) is 12.0. The first-order valence-electron chi connectivity index (χ1n) is 7.07. The predicted molar refractivity (Wildman–Crippen MR) is 79.8 cm³/mol. The van der Waals surface area contributed by atoms with Crippen LogP contribution >= 0.6 is 0 Å². The first-order valence-corrected chi connectivity index (χ1v) is 7.07. The van der Waals surface area contributed by atoms with Crippen molar-refractivity contribution in [3.63, 3.8) is 0 Å². The van der Waals surface area contributed by atoms with Crippen molar-refractivity contribution < 1.29 is 4.79 Å². The van der Waals surface area contributed by atoms with Crippen LogP contribution in [0.1, 0.15) is 47.2 Å². The topological polar surface area (TPSA) is 20.3 Å². The zero-order chi connectivity index (χ0) is 13.8. The molecule has 0 bridgehead atoms. The lowest BCUT2D eigenvalue weighted by Gasteiger charge is -2.32. The van der Waals surface area contributed by atoms with Crippen molar-refractivity contribution in [3.8, 4) is 0 Å². The minimum absolute atomic E-state index is 0.170. The van der Waals surface area contributed by atoms with E-state index in [1.165, 1.54) is 24.0 Å². The molecule has 0 spiro atoms. The zero-order valence-corrected chi connectivity index (χ0v) is 12.0. The van der Waals surface area contributed by atoms with Crippen LogP contribution in [-0.4, -0.2) is 30.3 Å². The second kappa shape index (κ2) is 6.16. The molecule has 2 heteroatoms. The number of ketones is 1. The Morgan fingerprint density at radius 3 is 2.68 bits per heavy atom. The van der Waals surface area contributed by atoms with Crippen molar-refractivity contribution in [2.45, 2.75) is 32.6 Å². The number of carbonyl (C=O) groups excluding carboxylic acids is 1. The van der Waals surface area contributed by atoms with Gasteiger partial charge in [-0.3, -0.25) is 9.69 Å². The summed E-state index contributed by atoms with van der Waals surface area (Å²) in [6.45, 7) is 10.8. The van der Waals surface area contributed by atoms with Gasteiger partial charge in [0, 0.05) is 12.1 Å². The minimum Gasteiger partial charge on any atom is -0.300 e. The van der Waals surface area contributed by atoms with Gasteiger partial charge >= 0.3 is 0 Å². The molecule has 1 fully saturated rings. The quantitative estimate of drug-likeness (QED) is 0.607. The van der Waals surface area contributed by atoms with E-state index in [1.807, 2.05) is 18.2 Å². The highest BCUT2D eigenvalue weighted by atomic mass is 16.1. The van der Waals surface area contributed by atoms with Crippen LogP contribution < -0.4 is 0 Å². The number of benzene rings is 1. The summed E-state index contributed by atoms with van der Waals surface area (Å²) in [4.78, 5) is 14.1. The molecule has 1 aromatic carbocycles. The smallest absolute Gasteiger partial charge is 0.160 e. The maximum atomic E-state index is 11.6. The summed E-state index contributed by atoms with van der Waals surface area (Å²) in [5.74, 6) is 0.767. The van der Waals surface area contributed by atoms with Gasteiger partial charge in [0.15, 0.2) is 5.78 Å². The molecular weight excluding hydrogens is 234 g/mol. The van der Waals surface area contributed by atoms with Crippen LogP contribution in [0.25, 0.3) is 0 Å². The Kier molecular flexibility index (Phi) is 4.54. The van der Waals surface area contributed by atoms with Gasteiger partial charge in [0.05, 0.1) is 0 Å². The van der Waals surface area contributed by atoms with E-state index in [4.69, 9.17) is 0 Å². The molecule has 19 heavy (non-hydrogen) atoms. The fourth-order valence-corrected chi connectivity index (χ4v) is 3.09. The van der Waals surface area contributed by atoms with E-state index in [0.29, 0.717) is 5.92 Å². The molecule has 0 amide bonds. The highest BCUT2D eigenvalue weighted by molar-refractivity contribution is 5.95. The minimum atomic E-state index is 0.170. The SMILES string of the molecule is C=CCN1CCC(c2cccc(C(C)=O)c2C)CC1. The van der Waals surface area contributed by atoms with E-state index in [0.717, 1.165) is 25.2 Å². The molecule has 102 valence electrons. The molecule has 1 aliphatic heterocycles. The fourth-order valence-electron chi connectivity index (χ4n) is 3.09. The normalized spacial score (nSPS) is 17.4. The Morgan fingerprint density at radius 1 is 1.42 bits per heavy atom. The summed E-state index contributed by atoms with van der Waals surface area (Å²) in [7, 11) is 0. The summed E-state index contributed by atoms with van der Waals surface area (Å²) in [6.07, 6.45) is 4.33. The number of hydrogen-bond acceptors (Lipinski definition) is 2. The highest BCUT2D eigenvalue weighted by Gasteiger charge is 2.22. The highest BCUT2D eigenvalue weighted by Crippen LogP contribution is 2.31. The fraction of sp³-hybridized carbons (Fsp3) is 0.471. The van der Waals surface area contributed by atoms with Crippen molar-refractivity contribution >= 4 is 5.78 Å². The maximum Gasteiger partial charge on any atom is 0.160 e. The Morgan fingerprint density at radius 2 is 2.11 bits per heavy atom. The monoisotopic (exact) mass is 257 g/mol. The molecule has 1 heterocycles. The Hall–Kier alpha value is -1.41. The molecule has 1 aliphatic rings. The molecular formula is C17H23NO. The molecule has 0 unspecified atom stereocenters. The van der Waals surface area contributed by atoms with Gasteiger partial charge < -0.3 is 0 Å². The third-order valence-corrected chi connectivity index (χ3v) is 4.17. The summed E-state index contributed by atoms with van der Waals surface area (Å²) in [6, 6.07) is 6.15. The van der Waals surface area contributed by atoms with Gasteiger partial charge in [-0.1, -0.05) is 24.3 Å². The average Bonchev–Trinajstić information content (AvgIpc) is 2.40. The van der Waals surface area contributed by atoms with Crippen molar-refractivity contribution in [2.24, 2.45) is 0 Å². The number of Topliss-reactive ketones (excluding diaryl/α,β-unsaturated/α-hetero) is 1. The number of piperidine rings is 1. The van der Waals surface area contributed by atoms with Crippen molar-refractivity contribution in [2.75, 3.05) is 19.6 Å². The van der Waals surface area contributed by atoms with Gasteiger partial charge in [-0.25, -0.2) is 0 Å². The van der Waals surface area contributed by atoms with Crippen LogP contribution in [0.2, 0.25) is 0 Å². The number of carbonyl (C=O) groups is 1. The van der Waals surface area contributed by atoms with E-state index in [2.05, 4.69) is 24.5 Å². The molecule has 0 saturated carbocycles. The van der Waals surface area contributed by atoms with Gasteiger partial charge in [0.2, 0.25) is 0 Å². The van der Waals surface area contributed by atoms with Gasteiger partial charge in [0.25, 0.3) is 0 Å². The molecule has 2 nitrogen and oxygen atoms in total. The molecule has 0 aliphatic carbocycles. The molecule has 1 saturated heterocycles. The van der Waals surface area contributed by atoms with Crippen LogP contribution in [0, 0.1) is 6.92 Å². The standard InChI is InChI=1S/C17H23NO/c1-4-10-18-11-8-15(9-12-18)17-7-5-6-16(13(17)2)14(3)19/h4-7,15H,1,8-12H2,2-3H3. The third kappa shape index (κ3) is 3.13. The lowest BCUT2D eigenvalue weighted by Crippen LogP contribution is -2.33. The molecule has 0 atom stereocenters. The summed E-state index contributed by atoms with van der Waals surface area (Å²) in [5, 5.41) is 0. The number of likely N-dealkylation sites (tertiary alicyclic amines) is 1. The number of rotatable bonds is 4. The van der Waals surface area contributed by atoms with Crippen LogP contribution in [0.4, 0.5) is 0 Å². The lowest BCUT2D eigenvalue weighted by atomic mass is 9.85. The van der Waals surface area contributed by atoms with Crippen LogP contribution in [0.3, 0.4) is 0 Å². The van der Waals surface area contributed by atoms with E-state index in [9.17, 15) is 4.79 Å². The molecule has 0 N–H and O–H groups in total. The second-order valence-corrected chi connectivity index (χ2v) is 5.44. The van der Waals surface area contributed by atoms with E-state index in [1.54, 1.807) is 6.92 Å². The summed E-state index contributed by atoms with van der Waals surface area (Å²) >= 11 is 0. The first-order chi connectivity index (χ1) is 9.13. The first kappa shape index (κ1) is 14.0. The Balaban J connectivity index is 2.13. The lowest BCUT2D eigenvalue weighted by molar-refractivity contribution is 0.101. The van der Waals surface area contributed by atoms with Crippen molar-refractivity contribution in [3.05, 3.63) is 47.5 Å². The maximum absolute atomic E-state index is 11.6. The number of nitrogens with zero attached hydrogens (tertiary/aromatic N) is 1. The van der Waals surface area contributed by atoms with E-state index >= 15 is 0 Å². The van der Waals surface area contributed by atoms with E-state index < -0.39 is 0 Å². The average molecular weight is 257 g/mol. The van der Waals surface area contributed by atoms with Gasteiger partial charge in [-0.05, 0) is 56.8 Å². The van der Waals surface area contributed by atoms with E-state index in [-0.39, 0.29) is 5.78 Å². The Labute approximate surface area is 116 Å². The summed E-state index contributed by atoms with van der Waals surface area (Å²) in [5.41, 5.74) is 3.43. The largest absolute Gasteiger partial charge is 0.300 e. The third-order valence-electron chi connectivity index (χ3n) is 4.17. The van der Waals surface area contributed by atoms with Crippen LogP contribution in [0.5, 0.6) is 0 Å². The van der Waals surface area contributed by atoms with Crippen LogP contribution in [0.15, 0.2) is 30.9 Å². The summed E-state index contributed by atoms with van der Waals surface area (Å²) < 4.78 is 0.